The molecule has 1 amide bonds. The SMILES string of the molecule is CC(C)C(=O)Nc1cccc(C2CCN(CCCc3c(-c4ccc([N+](=O)[O-])cc4)n(C)c4ccccc34)CC2)c1. The zero-order chi connectivity index (χ0) is 28.2. The van der Waals surface area contributed by atoms with E-state index in [0.29, 0.717) is 5.92 Å². The van der Waals surface area contributed by atoms with Gasteiger partial charge in [0.05, 0.1) is 10.6 Å². The second kappa shape index (κ2) is 12.0. The molecular formula is C33H38N4O3. The van der Waals surface area contributed by atoms with E-state index in [1.807, 2.05) is 38.1 Å². The van der Waals surface area contributed by atoms with Crippen LogP contribution in [0.2, 0.25) is 0 Å². The zero-order valence-electron chi connectivity index (χ0n) is 23.6. The number of rotatable bonds is 9. The maximum atomic E-state index is 12.1. The quantitative estimate of drug-likeness (QED) is 0.181. The smallest absolute Gasteiger partial charge is 0.269 e. The molecule has 3 aromatic carbocycles. The van der Waals surface area contributed by atoms with Crippen LogP contribution in [-0.4, -0.2) is 39.9 Å². The third-order valence-electron chi connectivity index (χ3n) is 8.20. The monoisotopic (exact) mass is 538 g/mol. The molecule has 1 saturated heterocycles. The highest BCUT2D eigenvalue weighted by molar-refractivity contribution is 5.92. The van der Waals surface area contributed by atoms with Gasteiger partial charge < -0.3 is 14.8 Å². The van der Waals surface area contributed by atoms with Crippen molar-refractivity contribution in [1.82, 2.24) is 9.47 Å². The van der Waals surface area contributed by atoms with Crippen LogP contribution in [0.15, 0.2) is 72.8 Å². The van der Waals surface area contributed by atoms with Crippen LogP contribution in [0.4, 0.5) is 11.4 Å². The third kappa shape index (κ3) is 5.94. The lowest BCUT2D eigenvalue weighted by atomic mass is 9.89. The lowest BCUT2D eigenvalue weighted by Crippen LogP contribution is -2.33. The lowest BCUT2D eigenvalue weighted by Gasteiger charge is -2.32. The predicted octanol–water partition coefficient (Wildman–Crippen LogP) is 7.16. The number of piperidine rings is 1. The van der Waals surface area contributed by atoms with Gasteiger partial charge in [-0.15, -0.1) is 0 Å². The predicted molar refractivity (Wildman–Crippen MR) is 162 cm³/mol. The molecule has 208 valence electrons. The molecule has 1 N–H and O–H groups in total. The number of benzene rings is 3. The Morgan fingerprint density at radius 2 is 1.75 bits per heavy atom. The number of carbonyl (C=O) groups is 1. The van der Waals surface area contributed by atoms with E-state index < -0.39 is 0 Å². The summed E-state index contributed by atoms with van der Waals surface area (Å²) >= 11 is 0. The molecule has 1 aliphatic heterocycles. The summed E-state index contributed by atoms with van der Waals surface area (Å²) in [4.78, 5) is 25.5. The Labute approximate surface area is 236 Å². The Morgan fingerprint density at radius 3 is 2.45 bits per heavy atom. The van der Waals surface area contributed by atoms with E-state index in [0.717, 1.165) is 62.3 Å². The van der Waals surface area contributed by atoms with Crippen LogP contribution >= 0.6 is 0 Å². The Kier molecular flexibility index (Phi) is 8.31. The van der Waals surface area contributed by atoms with Crippen LogP contribution in [0.5, 0.6) is 0 Å². The van der Waals surface area contributed by atoms with E-state index in [4.69, 9.17) is 0 Å². The van der Waals surface area contributed by atoms with Crippen molar-refractivity contribution in [3.63, 3.8) is 0 Å². The van der Waals surface area contributed by atoms with Crippen molar-refractivity contribution in [3.05, 3.63) is 94.0 Å². The fourth-order valence-corrected chi connectivity index (χ4v) is 5.96. The molecular weight excluding hydrogens is 500 g/mol. The van der Waals surface area contributed by atoms with Crippen molar-refractivity contribution in [3.8, 4) is 11.3 Å². The largest absolute Gasteiger partial charge is 0.343 e. The fraction of sp³-hybridized carbons (Fsp3) is 0.364. The van der Waals surface area contributed by atoms with Gasteiger partial charge >= 0.3 is 0 Å². The van der Waals surface area contributed by atoms with Crippen molar-refractivity contribution in [2.24, 2.45) is 13.0 Å². The molecule has 0 unspecified atom stereocenters. The molecule has 7 nitrogen and oxygen atoms in total. The minimum absolute atomic E-state index is 0.0361. The van der Waals surface area contributed by atoms with Gasteiger partial charge in [0.15, 0.2) is 0 Å². The van der Waals surface area contributed by atoms with Crippen LogP contribution < -0.4 is 5.32 Å². The first-order chi connectivity index (χ1) is 19.3. The fourth-order valence-electron chi connectivity index (χ4n) is 5.96. The highest BCUT2D eigenvalue weighted by Crippen LogP contribution is 2.35. The second-order valence-electron chi connectivity index (χ2n) is 11.2. The van der Waals surface area contributed by atoms with Crippen molar-refractivity contribution < 1.29 is 9.72 Å². The molecule has 7 heteroatoms. The number of nitro benzene ring substituents is 1. The normalized spacial score (nSPS) is 14.6. The highest BCUT2D eigenvalue weighted by atomic mass is 16.6. The Morgan fingerprint density at radius 1 is 1.02 bits per heavy atom. The number of anilines is 1. The Hall–Kier alpha value is -3.97. The summed E-state index contributed by atoms with van der Waals surface area (Å²) in [5.41, 5.74) is 6.94. The van der Waals surface area contributed by atoms with Gasteiger partial charge in [0.25, 0.3) is 5.69 Å². The van der Waals surface area contributed by atoms with Gasteiger partial charge in [-0.1, -0.05) is 44.2 Å². The van der Waals surface area contributed by atoms with E-state index in [1.54, 1.807) is 12.1 Å². The van der Waals surface area contributed by atoms with Crippen molar-refractivity contribution in [2.45, 2.75) is 45.4 Å². The number of likely N-dealkylation sites (tertiary alicyclic amines) is 1. The van der Waals surface area contributed by atoms with Gasteiger partial charge in [0, 0.05) is 41.7 Å². The number of carbonyl (C=O) groups excluding carboxylic acids is 1. The molecule has 1 fully saturated rings. The summed E-state index contributed by atoms with van der Waals surface area (Å²) in [6, 6.07) is 23.7. The van der Waals surface area contributed by atoms with E-state index in [-0.39, 0.29) is 22.4 Å². The number of non-ortho nitro benzene ring substituents is 1. The maximum absolute atomic E-state index is 12.1. The lowest BCUT2D eigenvalue weighted by molar-refractivity contribution is -0.384. The summed E-state index contributed by atoms with van der Waals surface area (Å²) < 4.78 is 2.22. The van der Waals surface area contributed by atoms with Crippen LogP contribution in [0.25, 0.3) is 22.2 Å². The van der Waals surface area contributed by atoms with Gasteiger partial charge in [-0.2, -0.15) is 0 Å². The number of hydrogen-bond donors (Lipinski definition) is 1. The molecule has 4 aromatic rings. The van der Waals surface area contributed by atoms with Crippen LogP contribution in [0.3, 0.4) is 0 Å². The average Bonchev–Trinajstić information content (AvgIpc) is 3.25. The number of para-hydroxylation sites is 1. The van der Waals surface area contributed by atoms with Gasteiger partial charge in [-0.25, -0.2) is 0 Å². The van der Waals surface area contributed by atoms with Crippen molar-refractivity contribution >= 4 is 28.2 Å². The van der Waals surface area contributed by atoms with Gasteiger partial charge in [0.1, 0.15) is 0 Å². The molecule has 0 atom stereocenters. The van der Waals surface area contributed by atoms with E-state index in [2.05, 4.69) is 58.2 Å². The van der Waals surface area contributed by atoms with E-state index >= 15 is 0 Å². The van der Waals surface area contributed by atoms with E-state index in [1.165, 1.54) is 22.0 Å². The highest BCUT2D eigenvalue weighted by Gasteiger charge is 2.22. The number of aryl methyl sites for hydroxylation is 2. The zero-order valence-corrected chi connectivity index (χ0v) is 23.6. The summed E-state index contributed by atoms with van der Waals surface area (Å²) in [5.74, 6) is 0.528. The van der Waals surface area contributed by atoms with Crippen molar-refractivity contribution in [2.75, 3.05) is 25.0 Å². The number of aromatic nitrogens is 1. The van der Waals surface area contributed by atoms with Gasteiger partial charge in [0.2, 0.25) is 5.91 Å². The number of nitrogens with zero attached hydrogens (tertiary/aromatic N) is 3. The van der Waals surface area contributed by atoms with Gasteiger partial charge in [-0.3, -0.25) is 14.9 Å². The topological polar surface area (TPSA) is 80.4 Å². The minimum atomic E-state index is -0.350. The standard InChI is InChI=1S/C33H38N4O3/c1-23(2)33(38)34-27-9-6-8-26(22-27)24-17-20-36(21-18-24)19-7-11-30-29-10-4-5-12-31(29)35(3)32(30)25-13-15-28(16-14-25)37(39)40/h4-6,8-10,12-16,22-24H,7,11,17-21H2,1-3H3,(H,34,38). The first-order valence-electron chi connectivity index (χ1n) is 14.3. The van der Waals surface area contributed by atoms with Crippen molar-refractivity contribution in [1.29, 1.82) is 0 Å². The second-order valence-corrected chi connectivity index (χ2v) is 11.2. The summed E-state index contributed by atoms with van der Waals surface area (Å²) in [7, 11) is 2.08. The maximum Gasteiger partial charge on any atom is 0.269 e. The van der Waals surface area contributed by atoms with Gasteiger partial charge in [-0.05, 0) is 98.3 Å². The first kappa shape index (κ1) is 27.6. The van der Waals surface area contributed by atoms with Crippen LogP contribution in [-0.2, 0) is 18.3 Å². The number of nitro groups is 1. The average molecular weight is 539 g/mol. The molecule has 0 spiro atoms. The molecule has 5 rings (SSSR count). The summed E-state index contributed by atoms with van der Waals surface area (Å²) in [6.45, 7) is 6.99. The molecule has 1 aromatic heterocycles. The minimum Gasteiger partial charge on any atom is -0.343 e. The molecule has 1 aliphatic rings. The number of nitrogens with one attached hydrogen (secondary N) is 1. The number of fused-ring (bicyclic) bond motifs is 1. The van der Waals surface area contributed by atoms with Crippen LogP contribution in [0.1, 0.15) is 50.2 Å². The molecule has 0 radical (unpaired) electrons. The Bertz CT molecular complexity index is 1500. The molecule has 2 heterocycles. The first-order valence-corrected chi connectivity index (χ1v) is 14.3. The summed E-state index contributed by atoms with van der Waals surface area (Å²) in [5, 5.41) is 15.5. The number of hydrogen-bond acceptors (Lipinski definition) is 4. The Balaban J connectivity index is 1.23. The molecule has 0 bridgehead atoms. The van der Waals surface area contributed by atoms with Crippen LogP contribution in [0, 0.1) is 16.0 Å². The molecule has 40 heavy (non-hydrogen) atoms. The summed E-state index contributed by atoms with van der Waals surface area (Å²) in [6.07, 6.45) is 4.23. The van der Waals surface area contributed by atoms with E-state index in [9.17, 15) is 14.9 Å². The third-order valence-corrected chi connectivity index (χ3v) is 8.20. The molecule has 0 aliphatic carbocycles. The molecule has 0 saturated carbocycles. The number of amides is 1.